The van der Waals surface area contributed by atoms with Crippen LogP contribution in [0.5, 0.6) is 0 Å². The van der Waals surface area contributed by atoms with Crippen molar-refractivity contribution in [2.24, 2.45) is 0 Å². The van der Waals surface area contributed by atoms with E-state index >= 15 is 0 Å². The molecule has 1 atom stereocenters. The Kier molecular flexibility index (Phi) is 4.20. The van der Waals surface area contributed by atoms with Crippen molar-refractivity contribution in [1.29, 1.82) is 0 Å². The maximum absolute atomic E-state index is 13.6. The second-order valence-corrected chi connectivity index (χ2v) is 6.29. The van der Waals surface area contributed by atoms with Gasteiger partial charge >= 0.3 is 0 Å². The number of Topliss-reactive ketones (excluding diaryl/α,β-unsaturated/α-hetero) is 1. The van der Waals surface area contributed by atoms with Gasteiger partial charge in [0.1, 0.15) is 11.6 Å². The van der Waals surface area contributed by atoms with Crippen LogP contribution in [0.2, 0.25) is 0 Å². The standard InChI is InChI=1S/C18H16BrFO/c19-18-13(7-4-10-16(18)20)11-17(21)15-9-3-6-12-5-1-2-8-14(12)15/h1-2,4-5,7-8,10,15H,3,6,9,11H2. The first-order chi connectivity index (χ1) is 10.2. The fourth-order valence-corrected chi connectivity index (χ4v) is 3.49. The zero-order valence-corrected chi connectivity index (χ0v) is 13.2. The lowest BCUT2D eigenvalue weighted by Gasteiger charge is -2.24. The van der Waals surface area contributed by atoms with Crippen molar-refractivity contribution in [3.05, 3.63) is 69.4 Å². The van der Waals surface area contributed by atoms with Gasteiger partial charge in [-0.3, -0.25) is 4.79 Å². The number of hydrogen-bond donors (Lipinski definition) is 0. The van der Waals surface area contributed by atoms with Crippen molar-refractivity contribution in [2.75, 3.05) is 0 Å². The number of carbonyl (C=O) groups is 1. The van der Waals surface area contributed by atoms with Crippen LogP contribution in [0.15, 0.2) is 46.9 Å². The van der Waals surface area contributed by atoms with Crippen LogP contribution in [0, 0.1) is 5.82 Å². The summed E-state index contributed by atoms with van der Waals surface area (Å²) in [5, 5.41) is 0. The number of carbonyl (C=O) groups excluding carboxylic acids is 1. The highest BCUT2D eigenvalue weighted by atomic mass is 79.9. The Hall–Kier alpha value is -1.48. The van der Waals surface area contributed by atoms with Crippen molar-refractivity contribution >= 4 is 21.7 Å². The van der Waals surface area contributed by atoms with Crippen molar-refractivity contribution in [3.63, 3.8) is 0 Å². The van der Waals surface area contributed by atoms with E-state index in [0.29, 0.717) is 4.47 Å². The van der Waals surface area contributed by atoms with Crippen LogP contribution in [0.3, 0.4) is 0 Å². The molecule has 0 N–H and O–H groups in total. The molecule has 0 heterocycles. The second-order valence-electron chi connectivity index (χ2n) is 5.50. The van der Waals surface area contributed by atoms with Gasteiger partial charge in [0.25, 0.3) is 0 Å². The first-order valence-electron chi connectivity index (χ1n) is 7.20. The molecule has 0 radical (unpaired) electrons. The molecule has 3 rings (SSSR count). The zero-order valence-electron chi connectivity index (χ0n) is 11.6. The number of aryl methyl sites for hydroxylation is 1. The average Bonchev–Trinajstić information content (AvgIpc) is 2.51. The fraction of sp³-hybridized carbons (Fsp3) is 0.278. The summed E-state index contributed by atoms with van der Waals surface area (Å²) >= 11 is 3.24. The molecular formula is C18H16BrFO. The Labute approximate surface area is 132 Å². The third-order valence-corrected chi connectivity index (χ3v) is 5.04. The van der Waals surface area contributed by atoms with Gasteiger partial charge in [0.2, 0.25) is 0 Å². The minimum Gasteiger partial charge on any atom is -0.299 e. The third kappa shape index (κ3) is 2.93. The molecule has 0 spiro atoms. The van der Waals surface area contributed by atoms with Gasteiger partial charge in [-0.1, -0.05) is 36.4 Å². The normalized spacial score (nSPS) is 17.3. The highest BCUT2D eigenvalue weighted by Gasteiger charge is 2.26. The predicted molar refractivity (Wildman–Crippen MR) is 84.9 cm³/mol. The summed E-state index contributed by atoms with van der Waals surface area (Å²) in [4.78, 5) is 12.7. The minimum atomic E-state index is -0.315. The molecule has 3 heteroatoms. The van der Waals surface area contributed by atoms with Crippen molar-refractivity contribution in [3.8, 4) is 0 Å². The quantitative estimate of drug-likeness (QED) is 0.778. The SMILES string of the molecule is O=C(Cc1cccc(F)c1Br)C1CCCc2ccccc21. The van der Waals surface area contributed by atoms with E-state index in [1.807, 2.05) is 12.1 Å². The van der Waals surface area contributed by atoms with Crippen LogP contribution in [0.1, 0.15) is 35.4 Å². The van der Waals surface area contributed by atoms with Crippen molar-refractivity contribution in [1.82, 2.24) is 0 Å². The first-order valence-corrected chi connectivity index (χ1v) is 7.99. The lowest BCUT2D eigenvalue weighted by atomic mass is 9.79. The van der Waals surface area contributed by atoms with Gasteiger partial charge in [0.05, 0.1) is 4.47 Å². The van der Waals surface area contributed by atoms with E-state index in [9.17, 15) is 9.18 Å². The Morgan fingerprint density at radius 3 is 2.86 bits per heavy atom. The van der Waals surface area contributed by atoms with Crippen LogP contribution in [0.4, 0.5) is 4.39 Å². The van der Waals surface area contributed by atoms with Crippen molar-refractivity contribution < 1.29 is 9.18 Å². The molecule has 21 heavy (non-hydrogen) atoms. The highest BCUT2D eigenvalue weighted by molar-refractivity contribution is 9.10. The average molecular weight is 347 g/mol. The molecule has 2 aromatic rings. The topological polar surface area (TPSA) is 17.1 Å². The maximum Gasteiger partial charge on any atom is 0.144 e. The van der Waals surface area contributed by atoms with Gasteiger partial charge in [0.15, 0.2) is 0 Å². The summed E-state index contributed by atoms with van der Waals surface area (Å²) in [6.07, 6.45) is 3.25. The van der Waals surface area contributed by atoms with Gasteiger partial charge in [0, 0.05) is 12.3 Å². The largest absolute Gasteiger partial charge is 0.299 e. The van der Waals surface area contributed by atoms with Gasteiger partial charge in [-0.15, -0.1) is 0 Å². The highest BCUT2D eigenvalue weighted by Crippen LogP contribution is 2.33. The van der Waals surface area contributed by atoms with Crippen LogP contribution < -0.4 is 0 Å². The van der Waals surface area contributed by atoms with Gasteiger partial charge in [-0.25, -0.2) is 4.39 Å². The molecule has 1 unspecified atom stereocenters. The van der Waals surface area contributed by atoms with Crippen LogP contribution in [0.25, 0.3) is 0 Å². The third-order valence-electron chi connectivity index (χ3n) is 4.15. The molecule has 1 aliphatic rings. The van der Waals surface area contributed by atoms with Crippen LogP contribution in [-0.2, 0) is 17.6 Å². The number of rotatable bonds is 3. The number of fused-ring (bicyclic) bond motifs is 1. The lowest BCUT2D eigenvalue weighted by Crippen LogP contribution is -2.20. The Bertz CT molecular complexity index is 681. The van der Waals surface area contributed by atoms with E-state index in [0.717, 1.165) is 30.4 Å². The molecule has 0 fully saturated rings. The van der Waals surface area contributed by atoms with E-state index in [1.54, 1.807) is 12.1 Å². The fourth-order valence-electron chi connectivity index (χ4n) is 3.08. The van der Waals surface area contributed by atoms with E-state index in [1.165, 1.54) is 11.6 Å². The van der Waals surface area contributed by atoms with E-state index in [2.05, 4.69) is 28.1 Å². The van der Waals surface area contributed by atoms with E-state index in [-0.39, 0.29) is 23.9 Å². The molecule has 2 aromatic carbocycles. The molecule has 0 amide bonds. The van der Waals surface area contributed by atoms with E-state index in [4.69, 9.17) is 0 Å². The maximum atomic E-state index is 13.6. The summed E-state index contributed by atoms with van der Waals surface area (Å²) < 4.78 is 14.0. The van der Waals surface area contributed by atoms with Crippen molar-refractivity contribution in [2.45, 2.75) is 31.6 Å². The smallest absolute Gasteiger partial charge is 0.144 e. The monoisotopic (exact) mass is 346 g/mol. The first kappa shape index (κ1) is 14.5. The summed E-state index contributed by atoms with van der Waals surface area (Å²) in [5.74, 6) is -0.192. The summed E-state index contributed by atoms with van der Waals surface area (Å²) in [7, 11) is 0. The Balaban J connectivity index is 1.85. The van der Waals surface area contributed by atoms with Gasteiger partial charge < -0.3 is 0 Å². The number of benzene rings is 2. The van der Waals surface area contributed by atoms with Gasteiger partial charge in [-0.05, 0) is 57.9 Å². The molecule has 1 aliphatic carbocycles. The van der Waals surface area contributed by atoms with E-state index < -0.39 is 0 Å². The lowest BCUT2D eigenvalue weighted by molar-refractivity contribution is -0.120. The Morgan fingerprint density at radius 2 is 2.00 bits per heavy atom. The molecule has 108 valence electrons. The Morgan fingerprint density at radius 1 is 1.19 bits per heavy atom. The number of ketones is 1. The summed E-state index contributed by atoms with van der Waals surface area (Å²) in [5.41, 5.74) is 3.16. The molecule has 0 bridgehead atoms. The molecule has 0 aliphatic heterocycles. The number of halogens is 2. The predicted octanol–water partition coefficient (Wildman–Crippen LogP) is 4.82. The molecule has 1 nitrogen and oxygen atoms in total. The zero-order chi connectivity index (χ0) is 14.8. The summed E-state index contributed by atoms with van der Waals surface area (Å²) in [6.45, 7) is 0. The second kappa shape index (κ2) is 6.10. The van der Waals surface area contributed by atoms with Crippen LogP contribution in [-0.4, -0.2) is 5.78 Å². The van der Waals surface area contributed by atoms with Gasteiger partial charge in [-0.2, -0.15) is 0 Å². The number of hydrogen-bond acceptors (Lipinski definition) is 1. The molecular weight excluding hydrogens is 331 g/mol. The molecule has 0 saturated carbocycles. The molecule has 0 aromatic heterocycles. The molecule has 0 saturated heterocycles. The summed E-state index contributed by atoms with van der Waals surface area (Å²) in [6, 6.07) is 13.0. The van der Waals surface area contributed by atoms with Crippen LogP contribution >= 0.6 is 15.9 Å². The minimum absolute atomic E-state index is 0.0508.